The molecular weight excluding hydrogens is 268 g/mol. The summed E-state index contributed by atoms with van der Waals surface area (Å²) in [6.07, 6.45) is 0. The van der Waals surface area contributed by atoms with Crippen molar-refractivity contribution in [1.82, 2.24) is 4.90 Å². The average Bonchev–Trinajstić information content (AvgIpc) is 2.58. The Bertz CT molecular complexity index is 623. The number of benzene rings is 2. The van der Waals surface area contributed by atoms with Gasteiger partial charge < -0.3 is 9.80 Å². The number of rotatable bonds is 3. The molecule has 3 rings (SSSR count). The van der Waals surface area contributed by atoms with Gasteiger partial charge in [-0.1, -0.05) is 37.3 Å². The first-order chi connectivity index (χ1) is 10.7. The molecule has 0 unspecified atom stereocenters. The molecule has 1 heterocycles. The van der Waals surface area contributed by atoms with Gasteiger partial charge in [-0.3, -0.25) is 0 Å². The van der Waals surface area contributed by atoms with Crippen molar-refractivity contribution in [3.63, 3.8) is 0 Å². The lowest BCUT2D eigenvalue weighted by Crippen LogP contribution is -2.46. The highest BCUT2D eigenvalue weighted by Crippen LogP contribution is 2.25. The highest BCUT2D eigenvalue weighted by atomic mass is 15.3. The first-order valence-electron chi connectivity index (χ1n) is 8.32. The normalized spacial score (nSPS) is 16.0. The second-order valence-corrected chi connectivity index (χ2v) is 6.27. The molecule has 1 saturated heterocycles. The van der Waals surface area contributed by atoms with Crippen molar-refractivity contribution in [2.75, 3.05) is 37.6 Å². The van der Waals surface area contributed by atoms with E-state index in [2.05, 4.69) is 73.0 Å². The van der Waals surface area contributed by atoms with Gasteiger partial charge in [0, 0.05) is 31.9 Å². The fourth-order valence-corrected chi connectivity index (χ4v) is 3.11. The first-order valence-corrected chi connectivity index (χ1v) is 8.32. The molecule has 2 heteroatoms. The van der Waals surface area contributed by atoms with Crippen LogP contribution >= 0.6 is 0 Å². The summed E-state index contributed by atoms with van der Waals surface area (Å²) in [6.45, 7) is 12.4. The Morgan fingerprint density at radius 1 is 0.773 bits per heavy atom. The smallest absolute Gasteiger partial charge is 0.0367 e. The molecule has 116 valence electrons. The van der Waals surface area contributed by atoms with E-state index in [1.165, 1.54) is 47.6 Å². The van der Waals surface area contributed by atoms with Crippen LogP contribution in [0.25, 0.3) is 11.1 Å². The van der Waals surface area contributed by atoms with E-state index in [1.54, 1.807) is 0 Å². The van der Waals surface area contributed by atoms with E-state index >= 15 is 0 Å². The third-order valence-electron chi connectivity index (χ3n) is 4.89. The molecule has 0 N–H and O–H groups in total. The monoisotopic (exact) mass is 294 g/mol. The Morgan fingerprint density at radius 3 is 2.00 bits per heavy atom. The minimum Gasteiger partial charge on any atom is -0.369 e. The summed E-state index contributed by atoms with van der Waals surface area (Å²) in [7, 11) is 0. The van der Waals surface area contributed by atoms with Crippen molar-refractivity contribution in [2.24, 2.45) is 0 Å². The molecule has 2 nitrogen and oxygen atoms in total. The summed E-state index contributed by atoms with van der Waals surface area (Å²) >= 11 is 0. The van der Waals surface area contributed by atoms with E-state index in [9.17, 15) is 0 Å². The Balaban J connectivity index is 1.74. The molecule has 0 radical (unpaired) electrons. The van der Waals surface area contributed by atoms with Crippen LogP contribution in [0.2, 0.25) is 0 Å². The minimum atomic E-state index is 1.14. The number of anilines is 1. The van der Waals surface area contributed by atoms with Crippen LogP contribution in [0.4, 0.5) is 5.69 Å². The number of piperazine rings is 1. The zero-order valence-electron chi connectivity index (χ0n) is 14.0. The Kier molecular flexibility index (Phi) is 4.49. The molecule has 0 aliphatic carbocycles. The summed E-state index contributed by atoms with van der Waals surface area (Å²) in [4.78, 5) is 5.01. The molecule has 0 amide bonds. The Morgan fingerprint density at radius 2 is 1.41 bits per heavy atom. The van der Waals surface area contributed by atoms with Crippen molar-refractivity contribution in [3.05, 3.63) is 53.6 Å². The second-order valence-electron chi connectivity index (χ2n) is 6.27. The summed E-state index contributed by atoms with van der Waals surface area (Å²) in [5, 5.41) is 0. The van der Waals surface area contributed by atoms with E-state index in [-0.39, 0.29) is 0 Å². The van der Waals surface area contributed by atoms with Crippen molar-refractivity contribution in [1.29, 1.82) is 0 Å². The first kappa shape index (κ1) is 15.1. The van der Waals surface area contributed by atoms with Crippen LogP contribution in [-0.2, 0) is 0 Å². The fraction of sp³-hybridized carbons (Fsp3) is 0.400. The Labute approximate surface area is 134 Å². The maximum absolute atomic E-state index is 2.51. The van der Waals surface area contributed by atoms with Crippen LogP contribution in [0.3, 0.4) is 0 Å². The maximum atomic E-state index is 2.51. The van der Waals surface area contributed by atoms with Gasteiger partial charge in [0.05, 0.1) is 0 Å². The van der Waals surface area contributed by atoms with Crippen molar-refractivity contribution >= 4 is 5.69 Å². The van der Waals surface area contributed by atoms with Crippen LogP contribution < -0.4 is 4.90 Å². The van der Waals surface area contributed by atoms with Crippen LogP contribution in [0.15, 0.2) is 42.5 Å². The SMILES string of the molecule is CCN1CCN(c2ccc(-c3ccc(C)c(C)c3)cc2)CC1. The lowest BCUT2D eigenvalue weighted by Gasteiger charge is -2.35. The molecule has 1 fully saturated rings. The van der Waals surface area contributed by atoms with E-state index < -0.39 is 0 Å². The third kappa shape index (κ3) is 3.17. The molecule has 1 aliphatic heterocycles. The van der Waals surface area contributed by atoms with Gasteiger partial charge >= 0.3 is 0 Å². The largest absolute Gasteiger partial charge is 0.369 e. The van der Waals surface area contributed by atoms with Gasteiger partial charge in [0.15, 0.2) is 0 Å². The molecule has 0 aromatic heterocycles. The summed E-state index contributed by atoms with van der Waals surface area (Å²) in [6, 6.07) is 15.8. The van der Waals surface area contributed by atoms with Crippen LogP contribution in [0.5, 0.6) is 0 Å². The number of likely N-dealkylation sites (N-methyl/N-ethyl adjacent to an activating group) is 1. The van der Waals surface area contributed by atoms with Gasteiger partial charge in [-0.25, -0.2) is 0 Å². The zero-order chi connectivity index (χ0) is 15.5. The molecular formula is C20H26N2. The molecule has 0 saturated carbocycles. The topological polar surface area (TPSA) is 6.48 Å². The van der Waals surface area contributed by atoms with Gasteiger partial charge in [0.1, 0.15) is 0 Å². The van der Waals surface area contributed by atoms with Crippen molar-refractivity contribution in [2.45, 2.75) is 20.8 Å². The molecule has 0 spiro atoms. The van der Waals surface area contributed by atoms with Crippen molar-refractivity contribution < 1.29 is 0 Å². The lowest BCUT2D eigenvalue weighted by molar-refractivity contribution is 0.271. The zero-order valence-corrected chi connectivity index (χ0v) is 14.0. The van der Waals surface area contributed by atoms with E-state index in [0.717, 1.165) is 13.1 Å². The molecule has 0 atom stereocenters. The van der Waals surface area contributed by atoms with Crippen molar-refractivity contribution in [3.8, 4) is 11.1 Å². The van der Waals surface area contributed by atoms with Crippen LogP contribution in [0.1, 0.15) is 18.1 Å². The Hall–Kier alpha value is -1.80. The predicted octanol–water partition coefficient (Wildman–Crippen LogP) is 4.11. The third-order valence-corrected chi connectivity index (χ3v) is 4.89. The molecule has 1 aliphatic rings. The van der Waals surface area contributed by atoms with E-state index in [4.69, 9.17) is 0 Å². The van der Waals surface area contributed by atoms with Gasteiger partial charge in [-0.2, -0.15) is 0 Å². The highest BCUT2D eigenvalue weighted by Gasteiger charge is 2.15. The van der Waals surface area contributed by atoms with Gasteiger partial charge in [0.25, 0.3) is 0 Å². The minimum absolute atomic E-state index is 1.14. The molecule has 22 heavy (non-hydrogen) atoms. The highest BCUT2D eigenvalue weighted by molar-refractivity contribution is 5.67. The number of aryl methyl sites for hydroxylation is 2. The summed E-state index contributed by atoms with van der Waals surface area (Å²) in [5.74, 6) is 0. The number of hydrogen-bond donors (Lipinski definition) is 0. The predicted molar refractivity (Wildman–Crippen MR) is 95.7 cm³/mol. The van der Waals surface area contributed by atoms with Gasteiger partial charge in [0.2, 0.25) is 0 Å². The van der Waals surface area contributed by atoms with E-state index in [1.807, 2.05) is 0 Å². The fourth-order valence-electron chi connectivity index (χ4n) is 3.11. The quantitative estimate of drug-likeness (QED) is 0.840. The molecule has 2 aromatic carbocycles. The number of nitrogens with zero attached hydrogens (tertiary/aromatic N) is 2. The standard InChI is InChI=1S/C20H26N2/c1-4-21-11-13-22(14-12-21)20-9-7-18(8-10-20)19-6-5-16(2)17(3)15-19/h5-10,15H,4,11-14H2,1-3H3. The average molecular weight is 294 g/mol. The van der Waals surface area contributed by atoms with E-state index in [0.29, 0.717) is 0 Å². The summed E-state index contributed by atoms with van der Waals surface area (Å²) in [5.41, 5.74) is 6.68. The van der Waals surface area contributed by atoms with Crippen LogP contribution in [-0.4, -0.2) is 37.6 Å². The van der Waals surface area contributed by atoms with Gasteiger partial charge in [-0.05, 0) is 54.8 Å². The second kappa shape index (κ2) is 6.53. The lowest BCUT2D eigenvalue weighted by atomic mass is 10.0. The molecule has 2 aromatic rings. The van der Waals surface area contributed by atoms with Gasteiger partial charge in [-0.15, -0.1) is 0 Å². The summed E-state index contributed by atoms with van der Waals surface area (Å²) < 4.78 is 0. The number of hydrogen-bond acceptors (Lipinski definition) is 2. The maximum Gasteiger partial charge on any atom is 0.0367 e. The molecule has 0 bridgehead atoms. The van der Waals surface area contributed by atoms with Crippen LogP contribution in [0, 0.1) is 13.8 Å².